The van der Waals surface area contributed by atoms with E-state index in [1.54, 1.807) is 30.3 Å². The molecular weight excluding hydrogens is 264 g/mol. The summed E-state index contributed by atoms with van der Waals surface area (Å²) in [5, 5.41) is 12.9. The molecule has 0 atom stereocenters. The maximum Gasteiger partial charge on any atom is 0.276 e. The standard InChI is InChI=1S/C13H12N2O3S/c16-12-6-4-5-11(9-12)10-14-15-19(17,18)13-7-2-1-3-8-13/h1-10,15-16H/b14-10-. The van der Waals surface area contributed by atoms with Crippen LogP contribution in [0.25, 0.3) is 0 Å². The second kappa shape index (κ2) is 5.53. The molecule has 98 valence electrons. The molecule has 0 aliphatic heterocycles. The first kappa shape index (κ1) is 13.1. The van der Waals surface area contributed by atoms with Crippen molar-refractivity contribution in [1.82, 2.24) is 4.83 Å². The third-order valence-corrected chi connectivity index (χ3v) is 3.55. The van der Waals surface area contributed by atoms with Gasteiger partial charge in [-0.3, -0.25) is 0 Å². The predicted molar refractivity (Wildman–Crippen MR) is 72.5 cm³/mol. The Morgan fingerprint density at radius 3 is 2.47 bits per heavy atom. The quantitative estimate of drug-likeness (QED) is 0.659. The Hall–Kier alpha value is -2.34. The minimum absolute atomic E-state index is 0.0925. The van der Waals surface area contributed by atoms with E-state index >= 15 is 0 Å². The van der Waals surface area contributed by atoms with Gasteiger partial charge in [-0.2, -0.15) is 13.5 Å². The molecule has 2 aromatic carbocycles. The maximum absolute atomic E-state index is 11.8. The van der Waals surface area contributed by atoms with Gasteiger partial charge in [-0.1, -0.05) is 30.3 Å². The third-order valence-electron chi connectivity index (χ3n) is 2.31. The lowest BCUT2D eigenvalue weighted by atomic mass is 10.2. The summed E-state index contributed by atoms with van der Waals surface area (Å²) in [7, 11) is -3.65. The first-order chi connectivity index (χ1) is 9.08. The molecule has 0 unspecified atom stereocenters. The zero-order valence-corrected chi connectivity index (χ0v) is 10.7. The van der Waals surface area contributed by atoms with E-state index in [4.69, 9.17) is 0 Å². The number of benzene rings is 2. The van der Waals surface area contributed by atoms with E-state index < -0.39 is 10.0 Å². The van der Waals surface area contributed by atoms with Crippen molar-refractivity contribution >= 4 is 16.2 Å². The Balaban J connectivity index is 2.10. The summed E-state index contributed by atoms with van der Waals surface area (Å²) in [6.45, 7) is 0. The summed E-state index contributed by atoms with van der Waals surface area (Å²) in [4.78, 5) is 2.24. The van der Waals surface area contributed by atoms with Crippen molar-refractivity contribution in [2.75, 3.05) is 0 Å². The van der Waals surface area contributed by atoms with Crippen molar-refractivity contribution in [3.63, 3.8) is 0 Å². The fraction of sp³-hybridized carbons (Fsp3) is 0. The average molecular weight is 276 g/mol. The fourth-order valence-electron chi connectivity index (χ4n) is 1.43. The van der Waals surface area contributed by atoms with Crippen LogP contribution in [0.3, 0.4) is 0 Å². The van der Waals surface area contributed by atoms with Gasteiger partial charge in [-0.05, 0) is 29.8 Å². The predicted octanol–water partition coefficient (Wildman–Crippen LogP) is 1.70. The lowest BCUT2D eigenvalue weighted by Gasteiger charge is -2.02. The van der Waals surface area contributed by atoms with Crippen LogP contribution in [0.1, 0.15) is 5.56 Å². The van der Waals surface area contributed by atoms with E-state index in [-0.39, 0.29) is 10.6 Å². The van der Waals surface area contributed by atoms with Crippen LogP contribution in [0.5, 0.6) is 5.75 Å². The minimum Gasteiger partial charge on any atom is -0.508 e. The van der Waals surface area contributed by atoms with Gasteiger partial charge >= 0.3 is 0 Å². The Labute approximate surface area is 111 Å². The van der Waals surface area contributed by atoms with Gasteiger partial charge in [0.1, 0.15) is 5.75 Å². The molecule has 0 aliphatic rings. The van der Waals surface area contributed by atoms with Gasteiger partial charge in [0.25, 0.3) is 10.0 Å². The van der Waals surface area contributed by atoms with Gasteiger partial charge in [0.15, 0.2) is 0 Å². The normalized spacial score (nSPS) is 11.6. The molecule has 6 heteroatoms. The number of hydrazone groups is 1. The summed E-state index contributed by atoms with van der Waals surface area (Å²) in [5.41, 5.74) is 0.593. The van der Waals surface area contributed by atoms with Crippen molar-refractivity contribution in [2.24, 2.45) is 5.10 Å². The first-order valence-corrected chi connectivity index (χ1v) is 6.95. The number of hydrogen-bond acceptors (Lipinski definition) is 4. The summed E-state index contributed by atoms with van der Waals surface area (Å²) >= 11 is 0. The molecule has 19 heavy (non-hydrogen) atoms. The van der Waals surface area contributed by atoms with E-state index in [0.717, 1.165) is 0 Å². The van der Waals surface area contributed by atoms with Gasteiger partial charge in [-0.15, -0.1) is 0 Å². The number of rotatable bonds is 4. The molecule has 5 nitrogen and oxygen atoms in total. The maximum atomic E-state index is 11.8. The molecular formula is C13H12N2O3S. The highest BCUT2D eigenvalue weighted by Crippen LogP contribution is 2.09. The number of sulfonamides is 1. The highest BCUT2D eigenvalue weighted by molar-refractivity contribution is 7.89. The second-order valence-corrected chi connectivity index (χ2v) is 5.42. The highest BCUT2D eigenvalue weighted by Gasteiger charge is 2.10. The molecule has 0 spiro atoms. The number of nitrogens with one attached hydrogen (secondary N) is 1. The van der Waals surface area contributed by atoms with E-state index in [1.165, 1.54) is 30.5 Å². The van der Waals surface area contributed by atoms with E-state index in [1.807, 2.05) is 0 Å². The van der Waals surface area contributed by atoms with Gasteiger partial charge in [-0.25, -0.2) is 4.83 Å². The van der Waals surface area contributed by atoms with Crippen LogP contribution in [-0.2, 0) is 10.0 Å². The largest absolute Gasteiger partial charge is 0.508 e. The van der Waals surface area contributed by atoms with Crippen LogP contribution in [0, 0.1) is 0 Å². The van der Waals surface area contributed by atoms with Crippen molar-refractivity contribution in [1.29, 1.82) is 0 Å². The molecule has 2 rings (SSSR count). The lowest BCUT2D eigenvalue weighted by Crippen LogP contribution is -2.18. The third kappa shape index (κ3) is 3.56. The molecule has 2 N–H and O–H groups in total. The Bertz CT molecular complexity index is 682. The SMILES string of the molecule is O=S(=O)(N/N=C\c1cccc(O)c1)c1ccccc1. The number of nitrogens with zero attached hydrogens (tertiary/aromatic N) is 1. The zero-order chi connectivity index (χ0) is 13.7. The average Bonchev–Trinajstić information content (AvgIpc) is 2.40. The lowest BCUT2D eigenvalue weighted by molar-refractivity contribution is 0.475. The van der Waals surface area contributed by atoms with E-state index in [9.17, 15) is 13.5 Å². The molecule has 0 amide bonds. The van der Waals surface area contributed by atoms with Gasteiger partial charge in [0, 0.05) is 0 Å². The van der Waals surface area contributed by atoms with Crippen LogP contribution >= 0.6 is 0 Å². The molecule has 0 saturated heterocycles. The van der Waals surface area contributed by atoms with Gasteiger partial charge in [0.05, 0.1) is 11.1 Å². The van der Waals surface area contributed by atoms with Crippen molar-refractivity contribution in [3.8, 4) is 5.75 Å². The molecule has 0 heterocycles. The topological polar surface area (TPSA) is 78.8 Å². The molecule has 2 aromatic rings. The van der Waals surface area contributed by atoms with Gasteiger partial charge in [0.2, 0.25) is 0 Å². The first-order valence-electron chi connectivity index (χ1n) is 5.47. The van der Waals surface area contributed by atoms with Crippen LogP contribution in [-0.4, -0.2) is 19.7 Å². The highest BCUT2D eigenvalue weighted by atomic mass is 32.2. The van der Waals surface area contributed by atoms with Crippen LogP contribution < -0.4 is 4.83 Å². The number of hydrogen-bond donors (Lipinski definition) is 2. The summed E-state index contributed by atoms with van der Waals surface area (Å²) in [6.07, 6.45) is 1.32. The summed E-state index contributed by atoms with van der Waals surface area (Å²) < 4.78 is 23.6. The summed E-state index contributed by atoms with van der Waals surface area (Å²) in [5.74, 6) is 0.0925. The Morgan fingerprint density at radius 1 is 1.05 bits per heavy atom. The summed E-state index contributed by atoms with van der Waals surface area (Å²) in [6, 6.07) is 14.3. The van der Waals surface area contributed by atoms with E-state index in [2.05, 4.69) is 9.93 Å². The molecule has 0 saturated carbocycles. The Morgan fingerprint density at radius 2 is 1.79 bits per heavy atom. The molecule has 0 aliphatic carbocycles. The molecule has 0 radical (unpaired) electrons. The number of aromatic hydroxyl groups is 1. The minimum atomic E-state index is -3.65. The second-order valence-electron chi connectivity index (χ2n) is 3.76. The zero-order valence-electron chi connectivity index (χ0n) is 9.89. The van der Waals surface area contributed by atoms with Crippen LogP contribution in [0.15, 0.2) is 64.6 Å². The van der Waals surface area contributed by atoms with Crippen LogP contribution in [0.4, 0.5) is 0 Å². The molecule has 0 fully saturated rings. The van der Waals surface area contributed by atoms with Crippen molar-refractivity contribution in [3.05, 3.63) is 60.2 Å². The van der Waals surface area contributed by atoms with E-state index in [0.29, 0.717) is 5.56 Å². The van der Waals surface area contributed by atoms with Crippen LogP contribution in [0.2, 0.25) is 0 Å². The Kier molecular flexibility index (Phi) is 3.82. The fourth-order valence-corrected chi connectivity index (χ4v) is 2.24. The molecule has 0 bridgehead atoms. The number of phenols is 1. The van der Waals surface area contributed by atoms with Gasteiger partial charge < -0.3 is 5.11 Å². The molecule has 0 aromatic heterocycles. The monoisotopic (exact) mass is 276 g/mol. The smallest absolute Gasteiger partial charge is 0.276 e. The van der Waals surface area contributed by atoms with Crippen molar-refractivity contribution in [2.45, 2.75) is 4.90 Å². The number of phenolic OH excluding ortho intramolecular Hbond substituents is 1. The van der Waals surface area contributed by atoms with Crippen molar-refractivity contribution < 1.29 is 13.5 Å².